The van der Waals surface area contributed by atoms with E-state index in [1.54, 1.807) is 24.3 Å². The Hall–Kier alpha value is -2.99. The highest BCUT2D eigenvalue weighted by Gasteiger charge is 2.45. The molecule has 2 N–H and O–H groups in total. The molecular weight excluding hydrogens is 344 g/mol. The fraction of sp³-hybridized carbons (Fsp3) is 0.286. The first-order chi connectivity index (χ1) is 13.0. The first-order valence-corrected chi connectivity index (χ1v) is 9.00. The summed E-state index contributed by atoms with van der Waals surface area (Å²) in [5.74, 6) is -1.31. The lowest BCUT2D eigenvalue weighted by molar-refractivity contribution is -0.123. The lowest BCUT2D eigenvalue weighted by Crippen LogP contribution is -2.46. The van der Waals surface area contributed by atoms with Crippen molar-refractivity contribution < 1.29 is 19.5 Å². The van der Waals surface area contributed by atoms with Crippen molar-refractivity contribution in [2.24, 2.45) is 5.92 Å². The van der Waals surface area contributed by atoms with Gasteiger partial charge in [0.1, 0.15) is 12.1 Å². The van der Waals surface area contributed by atoms with Crippen molar-refractivity contribution in [1.82, 2.24) is 10.2 Å². The molecule has 1 fully saturated rings. The first-order valence-electron chi connectivity index (χ1n) is 9.00. The van der Waals surface area contributed by atoms with Gasteiger partial charge in [0.05, 0.1) is 17.7 Å². The van der Waals surface area contributed by atoms with Gasteiger partial charge < -0.3 is 10.4 Å². The molecule has 1 aliphatic carbocycles. The molecule has 2 aliphatic rings. The van der Waals surface area contributed by atoms with Gasteiger partial charge >= 0.3 is 0 Å². The number of carbonyl (C=O) groups excluding carboxylic acids is 3. The molecule has 1 aliphatic heterocycles. The van der Waals surface area contributed by atoms with Crippen LogP contribution in [0.2, 0.25) is 0 Å². The summed E-state index contributed by atoms with van der Waals surface area (Å²) in [5.41, 5.74) is 0.246. The van der Waals surface area contributed by atoms with Crippen LogP contribution >= 0.6 is 0 Å². The zero-order chi connectivity index (χ0) is 19.0. The minimum absolute atomic E-state index is 0.0453. The predicted octanol–water partition coefficient (Wildman–Crippen LogP) is 1.70. The Kier molecular flexibility index (Phi) is 4.28. The van der Waals surface area contributed by atoms with Crippen LogP contribution in [0.3, 0.4) is 0 Å². The number of rotatable bonds is 6. The van der Waals surface area contributed by atoms with Crippen molar-refractivity contribution in [3.8, 4) is 0 Å². The summed E-state index contributed by atoms with van der Waals surface area (Å²) in [6.07, 6.45) is 1.80. The highest BCUT2D eigenvalue weighted by molar-refractivity contribution is 6.22. The number of aliphatic hydroxyl groups is 1. The number of hydrogen-bond acceptors (Lipinski definition) is 4. The largest absolute Gasteiger partial charge is 0.383 e. The van der Waals surface area contributed by atoms with Crippen molar-refractivity contribution in [2.45, 2.75) is 18.4 Å². The molecule has 1 atom stereocenters. The molecular formula is C21H20N2O4. The molecule has 2 aromatic carbocycles. The Morgan fingerprint density at radius 2 is 1.56 bits per heavy atom. The van der Waals surface area contributed by atoms with Crippen LogP contribution in [0.5, 0.6) is 0 Å². The van der Waals surface area contributed by atoms with Gasteiger partial charge in [-0.05, 0) is 36.5 Å². The standard InChI is InChI=1S/C21H20N2O4/c24-18(12-23-19(25)16-8-4-5-9-17(16)20(23)26)22-13-21(27,15-10-11-15)14-6-2-1-3-7-14/h1-9,15,27H,10-13H2,(H,22,24). The molecule has 6 heteroatoms. The van der Waals surface area contributed by atoms with Gasteiger partial charge in [0.25, 0.3) is 11.8 Å². The molecule has 2 aromatic rings. The van der Waals surface area contributed by atoms with E-state index in [-0.39, 0.29) is 19.0 Å². The van der Waals surface area contributed by atoms with E-state index < -0.39 is 23.3 Å². The van der Waals surface area contributed by atoms with Crippen molar-refractivity contribution in [1.29, 1.82) is 0 Å². The Morgan fingerprint density at radius 1 is 1.00 bits per heavy atom. The Labute approximate surface area is 156 Å². The maximum absolute atomic E-state index is 12.4. The van der Waals surface area contributed by atoms with Crippen molar-refractivity contribution in [2.75, 3.05) is 13.1 Å². The van der Waals surface area contributed by atoms with Gasteiger partial charge in [-0.3, -0.25) is 19.3 Å². The predicted molar refractivity (Wildman–Crippen MR) is 97.9 cm³/mol. The monoisotopic (exact) mass is 364 g/mol. The third kappa shape index (κ3) is 3.13. The Bertz CT molecular complexity index is 872. The van der Waals surface area contributed by atoms with E-state index in [1.807, 2.05) is 30.3 Å². The fourth-order valence-electron chi connectivity index (χ4n) is 3.59. The zero-order valence-electron chi connectivity index (χ0n) is 14.7. The van der Waals surface area contributed by atoms with Gasteiger partial charge in [0.15, 0.2) is 0 Å². The van der Waals surface area contributed by atoms with Crippen LogP contribution in [0, 0.1) is 5.92 Å². The average molecular weight is 364 g/mol. The third-order valence-electron chi connectivity index (χ3n) is 5.26. The molecule has 27 heavy (non-hydrogen) atoms. The molecule has 1 heterocycles. The Balaban J connectivity index is 1.43. The van der Waals surface area contributed by atoms with E-state index in [1.165, 1.54) is 0 Å². The van der Waals surface area contributed by atoms with E-state index >= 15 is 0 Å². The average Bonchev–Trinajstić information content (AvgIpc) is 3.53. The SMILES string of the molecule is O=C(CN1C(=O)c2ccccc2C1=O)NCC(O)(c1ccccc1)C1CC1. The molecule has 0 radical (unpaired) electrons. The van der Waals surface area contributed by atoms with Gasteiger partial charge in [-0.2, -0.15) is 0 Å². The molecule has 0 spiro atoms. The molecule has 0 aromatic heterocycles. The summed E-state index contributed by atoms with van der Waals surface area (Å²) < 4.78 is 0. The first kappa shape index (κ1) is 17.4. The summed E-state index contributed by atoms with van der Waals surface area (Å²) in [7, 11) is 0. The summed E-state index contributed by atoms with van der Waals surface area (Å²) in [4.78, 5) is 38.1. The number of carbonyl (C=O) groups is 3. The van der Waals surface area contributed by atoms with Crippen LogP contribution < -0.4 is 5.32 Å². The molecule has 1 unspecified atom stereocenters. The lowest BCUT2D eigenvalue weighted by atomic mass is 9.88. The minimum atomic E-state index is -1.14. The molecule has 0 saturated heterocycles. The van der Waals surface area contributed by atoms with E-state index in [0.717, 1.165) is 23.3 Å². The number of nitrogens with one attached hydrogen (secondary N) is 1. The zero-order valence-corrected chi connectivity index (χ0v) is 14.7. The number of benzene rings is 2. The second kappa shape index (κ2) is 6.63. The molecule has 138 valence electrons. The quantitative estimate of drug-likeness (QED) is 0.764. The smallest absolute Gasteiger partial charge is 0.262 e. The van der Waals surface area contributed by atoms with Crippen LogP contribution in [0.25, 0.3) is 0 Å². The molecule has 3 amide bonds. The summed E-state index contributed by atoms with van der Waals surface area (Å²) in [5, 5.41) is 13.8. The number of hydrogen-bond donors (Lipinski definition) is 2. The molecule has 0 bridgehead atoms. The summed E-state index contributed by atoms with van der Waals surface area (Å²) >= 11 is 0. The van der Waals surface area contributed by atoms with Crippen LogP contribution in [0.15, 0.2) is 54.6 Å². The van der Waals surface area contributed by atoms with Crippen molar-refractivity contribution in [3.63, 3.8) is 0 Å². The summed E-state index contributed by atoms with van der Waals surface area (Å²) in [6, 6.07) is 15.8. The van der Waals surface area contributed by atoms with Crippen molar-refractivity contribution >= 4 is 17.7 Å². The van der Waals surface area contributed by atoms with Gasteiger partial charge in [-0.25, -0.2) is 0 Å². The van der Waals surface area contributed by atoms with Crippen LogP contribution in [-0.2, 0) is 10.4 Å². The Morgan fingerprint density at radius 3 is 2.11 bits per heavy atom. The second-order valence-electron chi connectivity index (χ2n) is 7.08. The minimum Gasteiger partial charge on any atom is -0.383 e. The van der Waals surface area contributed by atoms with E-state index in [0.29, 0.717) is 11.1 Å². The topological polar surface area (TPSA) is 86.7 Å². The van der Waals surface area contributed by atoms with Gasteiger partial charge in [-0.15, -0.1) is 0 Å². The second-order valence-corrected chi connectivity index (χ2v) is 7.08. The summed E-state index contributed by atoms with van der Waals surface area (Å²) in [6.45, 7) is -0.314. The maximum Gasteiger partial charge on any atom is 0.262 e. The normalized spacial score (nSPS) is 18.2. The van der Waals surface area contributed by atoms with Crippen molar-refractivity contribution in [3.05, 3.63) is 71.3 Å². The third-order valence-corrected chi connectivity index (χ3v) is 5.26. The number of nitrogens with zero attached hydrogens (tertiary/aromatic N) is 1. The number of amides is 3. The van der Waals surface area contributed by atoms with Crippen LogP contribution in [0.1, 0.15) is 39.1 Å². The van der Waals surface area contributed by atoms with Gasteiger partial charge in [-0.1, -0.05) is 42.5 Å². The van der Waals surface area contributed by atoms with Gasteiger partial charge in [0, 0.05) is 0 Å². The molecule has 1 saturated carbocycles. The van der Waals surface area contributed by atoms with E-state index in [2.05, 4.69) is 5.32 Å². The number of imide groups is 1. The molecule has 6 nitrogen and oxygen atoms in total. The highest BCUT2D eigenvalue weighted by Crippen LogP contribution is 2.45. The van der Waals surface area contributed by atoms with Gasteiger partial charge in [0.2, 0.25) is 5.91 Å². The maximum atomic E-state index is 12.4. The molecule has 4 rings (SSSR count). The lowest BCUT2D eigenvalue weighted by Gasteiger charge is -2.29. The fourth-order valence-corrected chi connectivity index (χ4v) is 3.59. The van der Waals surface area contributed by atoms with E-state index in [4.69, 9.17) is 0 Å². The van der Waals surface area contributed by atoms with Crippen LogP contribution in [0.4, 0.5) is 0 Å². The highest BCUT2D eigenvalue weighted by atomic mass is 16.3. The van der Waals surface area contributed by atoms with Crippen LogP contribution in [-0.4, -0.2) is 40.8 Å². The van der Waals surface area contributed by atoms with E-state index in [9.17, 15) is 19.5 Å². The number of fused-ring (bicyclic) bond motifs is 1.